The monoisotopic (exact) mass is 423 g/mol. The Morgan fingerprint density at radius 3 is 2.50 bits per heavy atom. The first-order valence-electron chi connectivity index (χ1n) is 9.47. The van der Waals surface area contributed by atoms with E-state index in [9.17, 15) is 8.42 Å². The van der Waals surface area contributed by atoms with Crippen molar-refractivity contribution in [2.75, 3.05) is 12.4 Å². The minimum Gasteiger partial charge on any atom is -0.479 e. The molecule has 1 aliphatic carbocycles. The highest BCUT2D eigenvalue weighted by Crippen LogP contribution is 2.28. The number of aromatic nitrogens is 3. The number of nitrogens with one attached hydrogen (secondary N) is 1. The van der Waals surface area contributed by atoms with E-state index in [1.54, 1.807) is 12.1 Å². The Balaban J connectivity index is 1.59. The summed E-state index contributed by atoms with van der Waals surface area (Å²) in [6.45, 7) is 1.92. The van der Waals surface area contributed by atoms with Gasteiger partial charge in [0.15, 0.2) is 5.52 Å². The van der Waals surface area contributed by atoms with E-state index in [2.05, 4.69) is 32.1 Å². The van der Waals surface area contributed by atoms with Crippen molar-refractivity contribution in [2.24, 2.45) is 11.1 Å². The van der Waals surface area contributed by atoms with Crippen molar-refractivity contribution < 1.29 is 13.2 Å². The van der Waals surface area contributed by atoms with Crippen LogP contribution in [-0.2, 0) is 10.0 Å². The van der Waals surface area contributed by atoms with Crippen LogP contribution in [0.2, 0.25) is 0 Å². The van der Waals surface area contributed by atoms with Gasteiger partial charge in [0.05, 0.1) is 23.6 Å². The van der Waals surface area contributed by atoms with Crippen LogP contribution in [0.4, 0.5) is 5.95 Å². The molecule has 3 aromatic rings. The Kier molecular flexibility index (Phi) is 5.28. The summed E-state index contributed by atoms with van der Waals surface area (Å²) in [6.07, 6.45) is 2.32. The molecule has 4 rings (SSSR count). The number of methoxy groups -OCH3 is 1. The lowest BCUT2D eigenvalue weighted by Crippen LogP contribution is -2.13. The number of nitrogens with zero attached hydrogens (tertiary/aromatic N) is 3. The number of ether oxygens (including phenoxy) is 1. The van der Waals surface area contributed by atoms with Gasteiger partial charge in [-0.1, -0.05) is 18.1 Å². The molecule has 0 amide bonds. The minimum absolute atomic E-state index is 0.0636. The molecule has 9 heteroatoms. The maximum absolute atomic E-state index is 11.4. The van der Waals surface area contributed by atoms with Gasteiger partial charge in [-0.3, -0.25) is 0 Å². The third-order valence-corrected chi connectivity index (χ3v) is 5.67. The molecule has 0 spiro atoms. The van der Waals surface area contributed by atoms with E-state index in [1.165, 1.54) is 19.2 Å². The van der Waals surface area contributed by atoms with E-state index in [-0.39, 0.29) is 10.9 Å². The van der Waals surface area contributed by atoms with Crippen molar-refractivity contribution in [3.05, 3.63) is 47.7 Å². The van der Waals surface area contributed by atoms with Crippen LogP contribution < -0.4 is 15.2 Å². The standard InChI is InChI=1S/C21H21N5O3S/c1-13(15-6-10-17(11-7-15)30(22,27)28)23-21-25-18-12-9-16(8-5-14-3-4-14)24-19(18)20(26-21)29-2/h6-7,9-14H,3-4H2,1-2H3,(H2,22,27,28)(H,23,25,26). The predicted molar refractivity (Wildman–Crippen MR) is 113 cm³/mol. The van der Waals surface area contributed by atoms with Crippen molar-refractivity contribution in [3.8, 4) is 17.7 Å². The molecule has 0 bridgehead atoms. The Hall–Kier alpha value is -3.22. The minimum atomic E-state index is -3.72. The molecule has 2 heterocycles. The van der Waals surface area contributed by atoms with Gasteiger partial charge in [-0.25, -0.2) is 23.5 Å². The highest BCUT2D eigenvalue weighted by atomic mass is 32.2. The van der Waals surface area contributed by atoms with Gasteiger partial charge in [0.1, 0.15) is 5.69 Å². The number of primary sulfonamides is 1. The smallest absolute Gasteiger partial charge is 0.245 e. The topological polar surface area (TPSA) is 120 Å². The van der Waals surface area contributed by atoms with E-state index in [4.69, 9.17) is 9.88 Å². The summed E-state index contributed by atoms with van der Waals surface area (Å²) in [4.78, 5) is 13.5. The van der Waals surface area contributed by atoms with Crippen molar-refractivity contribution in [1.29, 1.82) is 0 Å². The normalized spacial score (nSPS) is 14.6. The van der Waals surface area contributed by atoms with Crippen LogP contribution in [0.25, 0.3) is 11.0 Å². The second-order valence-corrected chi connectivity index (χ2v) is 8.71. The van der Waals surface area contributed by atoms with E-state index >= 15 is 0 Å². The number of hydrogen-bond donors (Lipinski definition) is 2. The highest BCUT2D eigenvalue weighted by molar-refractivity contribution is 7.89. The molecule has 0 saturated heterocycles. The van der Waals surface area contributed by atoms with Crippen molar-refractivity contribution in [3.63, 3.8) is 0 Å². The Labute approximate surface area is 175 Å². The van der Waals surface area contributed by atoms with Crippen LogP contribution in [-0.4, -0.2) is 30.5 Å². The second kappa shape index (κ2) is 7.89. The van der Waals surface area contributed by atoms with Crippen LogP contribution in [0.3, 0.4) is 0 Å². The van der Waals surface area contributed by atoms with Gasteiger partial charge in [0.2, 0.25) is 21.9 Å². The summed E-state index contributed by atoms with van der Waals surface area (Å²) in [5, 5.41) is 8.35. The maximum atomic E-state index is 11.4. The average Bonchev–Trinajstić information content (AvgIpc) is 3.55. The van der Waals surface area contributed by atoms with Crippen molar-refractivity contribution in [1.82, 2.24) is 15.0 Å². The molecule has 0 radical (unpaired) electrons. The summed E-state index contributed by atoms with van der Waals surface area (Å²) in [5.41, 5.74) is 2.71. The Bertz CT molecular complexity index is 1260. The first-order valence-corrected chi connectivity index (χ1v) is 11.0. The lowest BCUT2D eigenvalue weighted by molar-refractivity contribution is 0.402. The number of hydrogen-bond acceptors (Lipinski definition) is 7. The third kappa shape index (κ3) is 4.50. The Morgan fingerprint density at radius 1 is 1.13 bits per heavy atom. The highest BCUT2D eigenvalue weighted by Gasteiger charge is 2.18. The summed E-state index contributed by atoms with van der Waals surface area (Å²) in [6, 6.07) is 9.84. The van der Waals surface area contributed by atoms with Crippen molar-refractivity contribution >= 4 is 27.0 Å². The zero-order valence-corrected chi connectivity index (χ0v) is 17.4. The number of pyridine rings is 1. The van der Waals surface area contributed by atoms with Gasteiger partial charge < -0.3 is 10.1 Å². The van der Waals surface area contributed by atoms with Crippen LogP contribution in [0.5, 0.6) is 5.88 Å². The van der Waals surface area contributed by atoms with E-state index in [0.717, 1.165) is 18.4 Å². The number of sulfonamides is 1. The van der Waals surface area contributed by atoms with Gasteiger partial charge >= 0.3 is 0 Å². The van der Waals surface area contributed by atoms with Gasteiger partial charge in [0, 0.05) is 5.92 Å². The molecule has 3 N–H and O–H groups in total. The van der Waals surface area contributed by atoms with E-state index in [1.807, 2.05) is 19.1 Å². The predicted octanol–water partition coefficient (Wildman–Crippen LogP) is 2.62. The van der Waals surface area contributed by atoms with E-state index < -0.39 is 10.0 Å². The summed E-state index contributed by atoms with van der Waals surface area (Å²) < 4.78 is 28.2. The number of rotatable bonds is 5. The number of anilines is 1. The second-order valence-electron chi connectivity index (χ2n) is 7.14. The molecule has 2 aromatic heterocycles. The van der Waals surface area contributed by atoms with Crippen molar-refractivity contribution in [2.45, 2.75) is 30.7 Å². The molecule has 1 aliphatic rings. The lowest BCUT2D eigenvalue weighted by atomic mass is 10.1. The fourth-order valence-corrected chi connectivity index (χ4v) is 3.41. The molecule has 1 aromatic carbocycles. The van der Waals surface area contributed by atoms with Gasteiger partial charge in [-0.2, -0.15) is 4.98 Å². The molecule has 154 valence electrons. The average molecular weight is 423 g/mol. The van der Waals surface area contributed by atoms with Gasteiger partial charge in [-0.05, 0) is 55.5 Å². The van der Waals surface area contributed by atoms with Crippen LogP contribution in [0, 0.1) is 17.8 Å². The van der Waals surface area contributed by atoms with Crippen LogP contribution in [0.15, 0.2) is 41.3 Å². The number of nitrogens with two attached hydrogens (primary N) is 1. The molecule has 30 heavy (non-hydrogen) atoms. The molecule has 1 fully saturated rings. The largest absolute Gasteiger partial charge is 0.479 e. The molecule has 1 atom stereocenters. The molecule has 1 saturated carbocycles. The molecule has 1 unspecified atom stereocenters. The SMILES string of the molecule is COc1nc(NC(C)c2ccc(S(N)(=O)=O)cc2)nc2ccc(C#CC3CC3)nc12. The van der Waals surface area contributed by atoms with Crippen LogP contribution >= 0.6 is 0 Å². The zero-order chi connectivity index (χ0) is 21.3. The zero-order valence-electron chi connectivity index (χ0n) is 16.6. The fourth-order valence-electron chi connectivity index (χ4n) is 2.89. The maximum Gasteiger partial charge on any atom is 0.245 e. The molecule has 8 nitrogen and oxygen atoms in total. The summed E-state index contributed by atoms with van der Waals surface area (Å²) >= 11 is 0. The molecular weight excluding hydrogens is 402 g/mol. The van der Waals surface area contributed by atoms with Crippen LogP contribution in [0.1, 0.15) is 37.1 Å². The summed E-state index contributed by atoms with van der Waals surface area (Å²) in [7, 11) is -2.19. The van der Waals surface area contributed by atoms with Gasteiger partial charge in [-0.15, -0.1) is 0 Å². The first kappa shape index (κ1) is 20.1. The summed E-state index contributed by atoms with van der Waals surface area (Å²) in [5.74, 6) is 7.51. The Morgan fingerprint density at radius 2 is 1.87 bits per heavy atom. The first-order chi connectivity index (χ1) is 14.3. The fraction of sp³-hybridized carbons (Fsp3) is 0.286. The molecular formula is C21H21N5O3S. The number of fused-ring (bicyclic) bond motifs is 1. The quantitative estimate of drug-likeness (QED) is 0.605. The van der Waals surface area contributed by atoms with E-state index in [0.29, 0.717) is 34.5 Å². The lowest BCUT2D eigenvalue weighted by Gasteiger charge is -2.15. The molecule has 0 aliphatic heterocycles. The van der Waals surface area contributed by atoms with Gasteiger partial charge in [0.25, 0.3) is 0 Å². The third-order valence-electron chi connectivity index (χ3n) is 4.74. The number of benzene rings is 1.